The van der Waals surface area contributed by atoms with Crippen LogP contribution in [0.4, 0.5) is 0 Å². The van der Waals surface area contributed by atoms with Crippen molar-refractivity contribution < 1.29 is 23.4 Å². The first-order valence-corrected chi connectivity index (χ1v) is 9.45. The van der Waals surface area contributed by atoms with Crippen LogP contribution in [-0.2, 0) is 17.9 Å². The largest absolute Gasteiger partial charge is 0.497 e. The first-order chi connectivity index (χ1) is 14.6. The average molecular weight is 412 g/mol. The zero-order valence-electron chi connectivity index (χ0n) is 16.9. The van der Waals surface area contributed by atoms with Crippen molar-refractivity contribution in [3.63, 3.8) is 0 Å². The van der Waals surface area contributed by atoms with E-state index in [0.717, 1.165) is 11.5 Å². The average Bonchev–Trinajstić information content (AvgIpc) is 3.28. The molecular formula is C22H24N2O6. The van der Waals surface area contributed by atoms with Crippen LogP contribution < -0.4 is 25.0 Å². The van der Waals surface area contributed by atoms with Crippen molar-refractivity contribution in [2.24, 2.45) is 0 Å². The van der Waals surface area contributed by atoms with E-state index in [2.05, 4.69) is 5.32 Å². The zero-order valence-corrected chi connectivity index (χ0v) is 16.9. The molecule has 158 valence electrons. The molecule has 0 aliphatic rings. The van der Waals surface area contributed by atoms with Gasteiger partial charge in [-0.2, -0.15) is 0 Å². The fraction of sp³-hybridized carbons (Fsp3) is 0.273. The van der Waals surface area contributed by atoms with Gasteiger partial charge in [0.2, 0.25) is 5.43 Å². The molecule has 1 amide bonds. The highest BCUT2D eigenvalue weighted by Gasteiger charge is 2.11. The summed E-state index contributed by atoms with van der Waals surface area (Å²) in [6.07, 6.45) is 3.21. The zero-order chi connectivity index (χ0) is 21.3. The maximum absolute atomic E-state index is 12.2. The van der Waals surface area contributed by atoms with Gasteiger partial charge in [-0.25, -0.2) is 0 Å². The quantitative estimate of drug-likeness (QED) is 0.550. The number of carbonyl (C=O) groups is 1. The standard InChI is InChI=1S/C22H24N2O6/c1-16-22(30-15-21(26)23-14-19-4-3-12-28-19)20(25)9-10-24(16)11-13-29-18-7-5-17(27-2)6-8-18/h3-10,12H,11,13-15H2,1-2H3,(H,23,26). The molecule has 8 nitrogen and oxygen atoms in total. The summed E-state index contributed by atoms with van der Waals surface area (Å²) in [7, 11) is 1.61. The van der Waals surface area contributed by atoms with Gasteiger partial charge in [-0.05, 0) is 43.3 Å². The van der Waals surface area contributed by atoms with Gasteiger partial charge < -0.3 is 28.5 Å². The lowest BCUT2D eigenvalue weighted by molar-refractivity contribution is -0.123. The van der Waals surface area contributed by atoms with Crippen molar-refractivity contribution in [1.29, 1.82) is 0 Å². The Balaban J connectivity index is 1.53. The van der Waals surface area contributed by atoms with Crippen molar-refractivity contribution in [3.8, 4) is 17.2 Å². The second kappa shape index (κ2) is 10.2. The number of methoxy groups -OCH3 is 1. The number of nitrogens with zero attached hydrogens (tertiary/aromatic N) is 1. The first-order valence-electron chi connectivity index (χ1n) is 9.45. The fourth-order valence-electron chi connectivity index (χ4n) is 2.79. The Morgan fingerprint density at radius 2 is 1.87 bits per heavy atom. The van der Waals surface area contributed by atoms with Gasteiger partial charge in [0.25, 0.3) is 5.91 Å². The number of nitrogens with one attached hydrogen (secondary N) is 1. The van der Waals surface area contributed by atoms with E-state index in [4.69, 9.17) is 18.6 Å². The Bertz CT molecular complexity index is 1010. The van der Waals surface area contributed by atoms with E-state index >= 15 is 0 Å². The van der Waals surface area contributed by atoms with E-state index in [0.29, 0.717) is 24.6 Å². The maximum Gasteiger partial charge on any atom is 0.258 e. The summed E-state index contributed by atoms with van der Waals surface area (Å²) in [6, 6.07) is 12.2. The Hall–Kier alpha value is -3.68. The van der Waals surface area contributed by atoms with Gasteiger partial charge in [-0.15, -0.1) is 0 Å². The summed E-state index contributed by atoms with van der Waals surface area (Å²) in [4.78, 5) is 24.2. The molecule has 3 aromatic rings. The summed E-state index contributed by atoms with van der Waals surface area (Å²) >= 11 is 0. The number of rotatable bonds is 10. The molecule has 8 heteroatoms. The molecule has 0 fully saturated rings. The van der Waals surface area contributed by atoms with Crippen LogP contribution in [-0.4, -0.2) is 30.8 Å². The van der Waals surface area contributed by atoms with E-state index in [9.17, 15) is 9.59 Å². The SMILES string of the molecule is COc1ccc(OCCn2ccc(=O)c(OCC(=O)NCc3ccco3)c2C)cc1. The van der Waals surface area contributed by atoms with Gasteiger partial charge in [-0.1, -0.05) is 0 Å². The van der Waals surface area contributed by atoms with Gasteiger partial charge in [0.05, 0.1) is 32.2 Å². The lowest BCUT2D eigenvalue weighted by atomic mass is 10.3. The number of benzene rings is 1. The lowest BCUT2D eigenvalue weighted by Gasteiger charge is -2.15. The molecular weight excluding hydrogens is 388 g/mol. The lowest BCUT2D eigenvalue weighted by Crippen LogP contribution is -2.29. The van der Waals surface area contributed by atoms with E-state index < -0.39 is 0 Å². The van der Waals surface area contributed by atoms with Crippen LogP contribution in [0.25, 0.3) is 0 Å². The summed E-state index contributed by atoms with van der Waals surface area (Å²) < 4.78 is 23.4. The van der Waals surface area contributed by atoms with Gasteiger partial charge in [0, 0.05) is 12.3 Å². The molecule has 0 spiro atoms. The molecule has 0 bridgehead atoms. The molecule has 0 radical (unpaired) electrons. The van der Waals surface area contributed by atoms with Crippen molar-refractivity contribution in [3.05, 3.63) is 76.6 Å². The molecule has 1 aromatic carbocycles. The number of carbonyl (C=O) groups excluding carboxylic acids is 1. The molecule has 2 heterocycles. The number of amides is 1. The minimum atomic E-state index is -0.344. The molecule has 0 saturated carbocycles. The smallest absolute Gasteiger partial charge is 0.258 e. The normalized spacial score (nSPS) is 10.5. The van der Waals surface area contributed by atoms with E-state index in [-0.39, 0.29) is 30.2 Å². The third-order valence-corrected chi connectivity index (χ3v) is 4.44. The Labute approximate surface area is 174 Å². The van der Waals surface area contributed by atoms with E-state index in [1.807, 2.05) is 28.8 Å². The molecule has 3 rings (SSSR count). The third-order valence-electron chi connectivity index (χ3n) is 4.44. The number of ether oxygens (including phenoxy) is 3. The fourth-order valence-corrected chi connectivity index (χ4v) is 2.79. The highest BCUT2D eigenvalue weighted by molar-refractivity contribution is 5.77. The molecule has 0 aliphatic heterocycles. The molecule has 2 aromatic heterocycles. The first kappa shape index (κ1) is 21.0. The predicted octanol–water partition coefficient (Wildman–Crippen LogP) is 2.53. The van der Waals surface area contributed by atoms with Crippen LogP contribution in [0.1, 0.15) is 11.5 Å². The monoisotopic (exact) mass is 412 g/mol. The highest BCUT2D eigenvalue weighted by atomic mass is 16.5. The van der Waals surface area contributed by atoms with Crippen LogP contribution in [0, 0.1) is 6.92 Å². The third kappa shape index (κ3) is 5.66. The molecule has 0 unspecified atom stereocenters. The summed E-state index contributed by atoms with van der Waals surface area (Å²) in [5, 5.41) is 2.67. The van der Waals surface area contributed by atoms with Gasteiger partial charge in [0.1, 0.15) is 23.9 Å². The van der Waals surface area contributed by atoms with Gasteiger partial charge in [0.15, 0.2) is 12.4 Å². The second-order valence-electron chi connectivity index (χ2n) is 6.46. The summed E-state index contributed by atoms with van der Waals surface area (Å²) in [5.74, 6) is 1.92. The summed E-state index contributed by atoms with van der Waals surface area (Å²) in [5.41, 5.74) is 0.346. The highest BCUT2D eigenvalue weighted by Crippen LogP contribution is 2.17. The molecule has 0 atom stereocenters. The van der Waals surface area contributed by atoms with Crippen LogP contribution in [0.3, 0.4) is 0 Å². The van der Waals surface area contributed by atoms with E-state index in [1.54, 1.807) is 32.4 Å². The summed E-state index contributed by atoms with van der Waals surface area (Å²) in [6.45, 7) is 2.68. The number of hydrogen-bond donors (Lipinski definition) is 1. The number of hydrogen-bond acceptors (Lipinski definition) is 6. The number of pyridine rings is 1. The van der Waals surface area contributed by atoms with Crippen LogP contribution in [0.15, 0.2) is 64.1 Å². The molecule has 0 aliphatic carbocycles. The van der Waals surface area contributed by atoms with Crippen LogP contribution >= 0.6 is 0 Å². The van der Waals surface area contributed by atoms with Crippen molar-refractivity contribution >= 4 is 5.91 Å². The van der Waals surface area contributed by atoms with Crippen molar-refractivity contribution in [1.82, 2.24) is 9.88 Å². The van der Waals surface area contributed by atoms with Gasteiger partial charge in [-0.3, -0.25) is 9.59 Å². The number of furan rings is 1. The van der Waals surface area contributed by atoms with Crippen LogP contribution in [0.2, 0.25) is 0 Å². The van der Waals surface area contributed by atoms with Crippen LogP contribution in [0.5, 0.6) is 17.2 Å². The maximum atomic E-state index is 12.2. The molecule has 30 heavy (non-hydrogen) atoms. The van der Waals surface area contributed by atoms with Crippen molar-refractivity contribution in [2.45, 2.75) is 20.0 Å². The minimum absolute atomic E-state index is 0.148. The minimum Gasteiger partial charge on any atom is -0.497 e. The Kier molecular flexibility index (Phi) is 7.15. The predicted molar refractivity (Wildman–Crippen MR) is 110 cm³/mol. The van der Waals surface area contributed by atoms with Gasteiger partial charge >= 0.3 is 0 Å². The second-order valence-corrected chi connectivity index (χ2v) is 6.46. The molecule has 1 N–H and O–H groups in total. The number of aromatic nitrogens is 1. The van der Waals surface area contributed by atoms with Crippen molar-refractivity contribution in [2.75, 3.05) is 20.3 Å². The Morgan fingerprint density at radius 3 is 2.57 bits per heavy atom. The topological polar surface area (TPSA) is 91.9 Å². The molecule has 0 saturated heterocycles. The van der Waals surface area contributed by atoms with E-state index in [1.165, 1.54) is 12.3 Å². The Morgan fingerprint density at radius 1 is 1.10 bits per heavy atom.